The van der Waals surface area contributed by atoms with Crippen LogP contribution in [-0.4, -0.2) is 10.9 Å². The molecule has 1 unspecified atom stereocenters. The van der Waals surface area contributed by atoms with E-state index in [1.807, 2.05) is 37.3 Å². The number of nitrogens with one attached hydrogen (secondary N) is 1. The van der Waals surface area contributed by atoms with E-state index in [1.54, 1.807) is 18.3 Å². The van der Waals surface area contributed by atoms with Gasteiger partial charge in [-0.1, -0.05) is 31.2 Å². The molecule has 98 valence electrons. The molecule has 3 N–H and O–H groups in total. The molecule has 1 heterocycles. The van der Waals surface area contributed by atoms with Crippen LogP contribution in [0.15, 0.2) is 48.7 Å². The van der Waals surface area contributed by atoms with Crippen LogP contribution in [0.5, 0.6) is 0 Å². The van der Waals surface area contributed by atoms with Gasteiger partial charge in [-0.25, -0.2) is 4.98 Å². The minimum Gasteiger partial charge on any atom is -0.383 e. The van der Waals surface area contributed by atoms with Gasteiger partial charge in [0, 0.05) is 17.3 Å². The van der Waals surface area contributed by atoms with Crippen molar-refractivity contribution < 1.29 is 4.79 Å². The summed E-state index contributed by atoms with van der Waals surface area (Å²) >= 11 is 0. The summed E-state index contributed by atoms with van der Waals surface area (Å²) in [5.41, 5.74) is 7.35. The Bertz CT molecular complexity index is 554. The summed E-state index contributed by atoms with van der Waals surface area (Å²) in [6.45, 7) is 2.00. The van der Waals surface area contributed by atoms with Crippen molar-refractivity contribution in [3.8, 4) is 0 Å². The zero-order chi connectivity index (χ0) is 13.7. The lowest BCUT2D eigenvalue weighted by atomic mass is 10.0. The van der Waals surface area contributed by atoms with Gasteiger partial charge in [0.15, 0.2) is 0 Å². The van der Waals surface area contributed by atoms with Gasteiger partial charge < -0.3 is 11.1 Å². The maximum atomic E-state index is 12.1. The van der Waals surface area contributed by atoms with Crippen LogP contribution in [0, 0.1) is 0 Å². The van der Waals surface area contributed by atoms with Gasteiger partial charge >= 0.3 is 0 Å². The molecule has 0 aliphatic rings. The average molecular weight is 255 g/mol. The number of hydrogen-bond donors (Lipinski definition) is 2. The number of aromatic nitrogens is 1. The predicted molar refractivity (Wildman–Crippen MR) is 75.6 cm³/mol. The predicted octanol–water partition coefficient (Wildman–Crippen LogP) is 2.54. The Morgan fingerprint density at radius 2 is 2.00 bits per heavy atom. The van der Waals surface area contributed by atoms with E-state index >= 15 is 0 Å². The first-order valence-corrected chi connectivity index (χ1v) is 6.28. The van der Waals surface area contributed by atoms with Crippen LogP contribution < -0.4 is 11.1 Å². The van der Waals surface area contributed by atoms with Gasteiger partial charge in [0.25, 0.3) is 5.91 Å². The van der Waals surface area contributed by atoms with E-state index in [9.17, 15) is 4.79 Å². The molecular weight excluding hydrogens is 238 g/mol. The molecule has 4 nitrogen and oxygen atoms in total. The summed E-state index contributed by atoms with van der Waals surface area (Å²) < 4.78 is 0. The number of carbonyl (C=O) groups excluding carboxylic acids is 1. The van der Waals surface area contributed by atoms with Gasteiger partial charge in [0.2, 0.25) is 0 Å². The number of amides is 1. The minimum atomic E-state index is -0.124. The van der Waals surface area contributed by atoms with E-state index in [0.29, 0.717) is 11.4 Å². The average Bonchev–Trinajstić information content (AvgIpc) is 2.46. The number of pyridine rings is 1. The molecule has 2 aromatic rings. The molecule has 1 aromatic carbocycles. The molecule has 1 amide bonds. The molecule has 0 spiro atoms. The van der Waals surface area contributed by atoms with Crippen LogP contribution in [0.4, 0.5) is 5.82 Å². The molecule has 4 heteroatoms. The highest BCUT2D eigenvalue weighted by molar-refractivity contribution is 5.94. The van der Waals surface area contributed by atoms with E-state index in [1.165, 1.54) is 0 Å². The third-order valence-corrected chi connectivity index (χ3v) is 3.00. The van der Waals surface area contributed by atoms with Crippen molar-refractivity contribution in [2.75, 3.05) is 5.73 Å². The highest BCUT2D eigenvalue weighted by Crippen LogP contribution is 2.21. The molecule has 0 bridgehead atoms. The molecule has 0 aliphatic carbocycles. The third kappa shape index (κ3) is 3.10. The first-order chi connectivity index (χ1) is 9.22. The van der Waals surface area contributed by atoms with E-state index in [2.05, 4.69) is 10.3 Å². The molecule has 1 aromatic heterocycles. The van der Waals surface area contributed by atoms with Crippen molar-refractivity contribution in [3.63, 3.8) is 0 Å². The number of hydrogen-bond acceptors (Lipinski definition) is 3. The summed E-state index contributed by atoms with van der Waals surface area (Å²) in [5, 5.41) is 2.98. The van der Waals surface area contributed by atoms with Crippen molar-refractivity contribution in [2.24, 2.45) is 0 Å². The van der Waals surface area contributed by atoms with Crippen molar-refractivity contribution in [1.82, 2.24) is 10.3 Å². The van der Waals surface area contributed by atoms with E-state index in [0.717, 1.165) is 12.0 Å². The Kier molecular flexibility index (Phi) is 4.13. The Morgan fingerprint density at radius 1 is 1.26 bits per heavy atom. The number of anilines is 1. The second-order valence-electron chi connectivity index (χ2n) is 4.28. The molecule has 0 saturated carbocycles. The van der Waals surface area contributed by atoms with E-state index in [4.69, 9.17) is 5.73 Å². The van der Waals surface area contributed by atoms with Crippen molar-refractivity contribution in [2.45, 2.75) is 19.4 Å². The largest absolute Gasteiger partial charge is 0.383 e. The molecule has 0 saturated heterocycles. The van der Waals surface area contributed by atoms with Gasteiger partial charge in [-0.05, 0) is 24.6 Å². The van der Waals surface area contributed by atoms with Crippen LogP contribution in [-0.2, 0) is 0 Å². The molecule has 2 rings (SSSR count). The zero-order valence-corrected chi connectivity index (χ0v) is 10.8. The van der Waals surface area contributed by atoms with Crippen LogP contribution >= 0.6 is 0 Å². The summed E-state index contributed by atoms with van der Waals surface area (Å²) in [4.78, 5) is 16.2. The topological polar surface area (TPSA) is 68.0 Å². The van der Waals surface area contributed by atoms with E-state index in [-0.39, 0.29) is 11.9 Å². The molecule has 0 fully saturated rings. The lowest BCUT2D eigenvalue weighted by molar-refractivity contribution is 0.0935. The maximum Gasteiger partial charge on any atom is 0.251 e. The Morgan fingerprint density at radius 3 is 2.63 bits per heavy atom. The van der Waals surface area contributed by atoms with Crippen LogP contribution in [0.3, 0.4) is 0 Å². The normalized spacial score (nSPS) is 11.8. The first-order valence-electron chi connectivity index (χ1n) is 6.28. The monoisotopic (exact) mass is 255 g/mol. The second-order valence-corrected chi connectivity index (χ2v) is 4.28. The van der Waals surface area contributed by atoms with E-state index < -0.39 is 0 Å². The number of nitrogens with two attached hydrogens (primary N) is 1. The van der Waals surface area contributed by atoms with Gasteiger partial charge in [0.1, 0.15) is 5.82 Å². The number of rotatable bonds is 4. The lowest BCUT2D eigenvalue weighted by Crippen LogP contribution is -2.28. The first kappa shape index (κ1) is 13.1. The van der Waals surface area contributed by atoms with Crippen LogP contribution in [0.2, 0.25) is 0 Å². The van der Waals surface area contributed by atoms with Crippen LogP contribution in [0.25, 0.3) is 0 Å². The zero-order valence-electron chi connectivity index (χ0n) is 10.8. The lowest BCUT2D eigenvalue weighted by Gasteiger charge is -2.18. The molecule has 1 atom stereocenters. The molecular formula is C15H17N3O. The molecule has 0 radical (unpaired) electrons. The summed E-state index contributed by atoms with van der Waals surface area (Å²) in [6.07, 6.45) is 2.40. The Hall–Kier alpha value is -2.36. The van der Waals surface area contributed by atoms with Crippen molar-refractivity contribution in [1.29, 1.82) is 0 Å². The van der Waals surface area contributed by atoms with Crippen molar-refractivity contribution >= 4 is 11.7 Å². The minimum absolute atomic E-state index is 0.101. The highest BCUT2D eigenvalue weighted by atomic mass is 16.1. The summed E-state index contributed by atoms with van der Waals surface area (Å²) in [5.74, 6) is 0.360. The SMILES string of the molecule is CCC(NC(=O)c1ccccc1)c1cccnc1N. The Labute approximate surface area is 112 Å². The number of nitrogen functional groups attached to an aromatic ring is 1. The third-order valence-electron chi connectivity index (χ3n) is 3.00. The molecule has 19 heavy (non-hydrogen) atoms. The summed E-state index contributed by atoms with van der Waals surface area (Å²) in [6, 6.07) is 12.7. The number of carbonyl (C=O) groups is 1. The summed E-state index contributed by atoms with van der Waals surface area (Å²) in [7, 11) is 0. The van der Waals surface area contributed by atoms with Gasteiger partial charge in [0.05, 0.1) is 6.04 Å². The quantitative estimate of drug-likeness (QED) is 0.882. The second kappa shape index (κ2) is 6.00. The fraction of sp³-hybridized carbons (Fsp3) is 0.200. The number of nitrogens with zero attached hydrogens (tertiary/aromatic N) is 1. The van der Waals surface area contributed by atoms with Crippen LogP contribution in [0.1, 0.15) is 35.3 Å². The smallest absolute Gasteiger partial charge is 0.251 e. The van der Waals surface area contributed by atoms with Crippen molar-refractivity contribution in [3.05, 3.63) is 59.8 Å². The number of benzene rings is 1. The van der Waals surface area contributed by atoms with Gasteiger partial charge in [-0.2, -0.15) is 0 Å². The standard InChI is InChI=1S/C15H17N3O/c1-2-13(12-9-6-10-17-14(12)16)18-15(19)11-7-4-3-5-8-11/h3-10,13H,2H2,1H3,(H2,16,17)(H,18,19). The van der Waals surface area contributed by atoms with Gasteiger partial charge in [-0.15, -0.1) is 0 Å². The van der Waals surface area contributed by atoms with Gasteiger partial charge in [-0.3, -0.25) is 4.79 Å². The Balaban J connectivity index is 2.17. The fourth-order valence-corrected chi connectivity index (χ4v) is 1.96. The maximum absolute atomic E-state index is 12.1. The molecule has 0 aliphatic heterocycles. The highest BCUT2D eigenvalue weighted by Gasteiger charge is 2.16. The fourth-order valence-electron chi connectivity index (χ4n) is 1.96.